The minimum absolute atomic E-state index is 0.123. The molecule has 2 aromatic rings. The van der Waals surface area contributed by atoms with E-state index in [-0.39, 0.29) is 17.4 Å². The van der Waals surface area contributed by atoms with Gasteiger partial charge in [-0.2, -0.15) is 0 Å². The maximum absolute atomic E-state index is 9.47. The Hall–Kier alpha value is -1.59. The maximum Gasteiger partial charge on any atom is 0.158 e. The number of methoxy groups -OCH3 is 1. The van der Waals surface area contributed by atoms with Gasteiger partial charge in [-0.05, 0) is 18.2 Å². The van der Waals surface area contributed by atoms with Crippen molar-refractivity contribution in [3.8, 4) is 22.8 Å². The summed E-state index contributed by atoms with van der Waals surface area (Å²) in [6.07, 6.45) is 0. The number of aromatic nitrogens is 1. The highest BCUT2D eigenvalue weighted by atomic mass is 32.1. The second-order valence-corrected chi connectivity index (χ2v) is 5.02. The fourth-order valence-corrected chi connectivity index (χ4v) is 2.52. The number of hydrogen-bond acceptors (Lipinski definition) is 5. The first-order valence-electron chi connectivity index (χ1n) is 5.58. The zero-order chi connectivity index (χ0) is 13.1. The van der Waals surface area contributed by atoms with E-state index in [1.165, 1.54) is 12.1 Å². The average molecular weight is 265 g/mol. The fraction of sp³-hybridized carbons (Fsp3) is 0.308. The predicted octanol–water partition coefficient (Wildman–Crippen LogP) is 2.97. The Balaban J connectivity index is 2.26. The van der Waals surface area contributed by atoms with Crippen molar-refractivity contribution in [1.82, 2.24) is 4.98 Å². The van der Waals surface area contributed by atoms with Crippen LogP contribution in [-0.2, 0) is 4.74 Å². The number of benzene rings is 1. The van der Waals surface area contributed by atoms with Crippen molar-refractivity contribution in [1.29, 1.82) is 0 Å². The van der Waals surface area contributed by atoms with E-state index in [1.807, 2.05) is 5.38 Å². The highest BCUT2D eigenvalue weighted by molar-refractivity contribution is 7.10. The first-order chi connectivity index (χ1) is 8.61. The number of aromatic hydroxyl groups is 2. The van der Waals surface area contributed by atoms with Gasteiger partial charge in [-0.15, -0.1) is 11.3 Å². The molecule has 0 unspecified atom stereocenters. The molecule has 2 rings (SSSR count). The van der Waals surface area contributed by atoms with Crippen LogP contribution in [0.1, 0.15) is 17.8 Å². The van der Waals surface area contributed by atoms with Crippen molar-refractivity contribution < 1.29 is 14.9 Å². The molecule has 1 aromatic heterocycles. The van der Waals surface area contributed by atoms with Crippen LogP contribution in [0.5, 0.6) is 11.5 Å². The molecule has 2 N–H and O–H groups in total. The predicted molar refractivity (Wildman–Crippen MR) is 71.2 cm³/mol. The van der Waals surface area contributed by atoms with Crippen LogP contribution < -0.4 is 0 Å². The molecule has 18 heavy (non-hydrogen) atoms. The van der Waals surface area contributed by atoms with E-state index in [1.54, 1.807) is 24.5 Å². The molecular weight excluding hydrogens is 250 g/mol. The van der Waals surface area contributed by atoms with Gasteiger partial charge in [0.25, 0.3) is 0 Å². The van der Waals surface area contributed by atoms with Crippen LogP contribution in [0.2, 0.25) is 0 Å². The second-order valence-electron chi connectivity index (χ2n) is 4.13. The molecule has 0 aliphatic heterocycles. The SMILES string of the molecule is COC[C@H](C)c1nc(-c2ccc(O)c(O)c2)cs1. The summed E-state index contributed by atoms with van der Waals surface area (Å²) >= 11 is 1.57. The van der Waals surface area contributed by atoms with Crippen LogP contribution in [0.4, 0.5) is 0 Å². The van der Waals surface area contributed by atoms with E-state index in [0.29, 0.717) is 6.61 Å². The van der Waals surface area contributed by atoms with Crippen molar-refractivity contribution in [3.63, 3.8) is 0 Å². The minimum Gasteiger partial charge on any atom is -0.504 e. The number of hydrogen-bond donors (Lipinski definition) is 2. The molecule has 0 aliphatic carbocycles. The molecule has 96 valence electrons. The zero-order valence-electron chi connectivity index (χ0n) is 10.3. The molecule has 0 saturated carbocycles. The average Bonchev–Trinajstić information content (AvgIpc) is 2.82. The minimum atomic E-state index is -0.132. The van der Waals surface area contributed by atoms with Gasteiger partial charge in [-0.25, -0.2) is 4.98 Å². The van der Waals surface area contributed by atoms with E-state index < -0.39 is 0 Å². The quantitative estimate of drug-likeness (QED) is 0.834. The third-order valence-electron chi connectivity index (χ3n) is 2.63. The molecule has 0 fully saturated rings. The van der Waals surface area contributed by atoms with Crippen molar-refractivity contribution >= 4 is 11.3 Å². The maximum atomic E-state index is 9.47. The largest absolute Gasteiger partial charge is 0.504 e. The Bertz CT molecular complexity index is 539. The molecule has 1 heterocycles. The smallest absolute Gasteiger partial charge is 0.158 e. The van der Waals surface area contributed by atoms with Gasteiger partial charge in [-0.1, -0.05) is 6.92 Å². The van der Waals surface area contributed by atoms with Crippen LogP contribution in [0.3, 0.4) is 0 Å². The summed E-state index contributed by atoms with van der Waals surface area (Å²) in [4.78, 5) is 4.52. The van der Waals surface area contributed by atoms with Crippen molar-refractivity contribution in [2.45, 2.75) is 12.8 Å². The normalized spacial score (nSPS) is 12.6. The number of thiazole rings is 1. The molecule has 0 radical (unpaired) electrons. The third kappa shape index (κ3) is 2.63. The van der Waals surface area contributed by atoms with E-state index in [0.717, 1.165) is 16.3 Å². The third-order valence-corrected chi connectivity index (χ3v) is 3.71. The number of nitrogens with zero attached hydrogens (tertiary/aromatic N) is 1. The monoisotopic (exact) mass is 265 g/mol. The van der Waals surface area contributed by atoms with Gasteiger partial charge >= 0.3 is 0 Å². The Morgan fingerprint density at radius 2 is 2.11 bits per heavy atom. The molecular formula is C13H15NO3S. The van der Waals surface area contributed by atoms with Crippen molar-refractivity contribution in [3.05, 3.63) is 28.6 Å². The highest BCUT2D eigenvalue weighted by Gasteiger charge is 2.12. The lowest BCUT2D eigenvalue weighted by molar-refractivity contribution is 0.184. The standard InChI is InChI=1S/C13H15NO3S/c1-8(6-17-2)13-14-10(7-18-13)9-3-4-11(15)12(16)5-9/h3-5,7-8,15-16H,6H2,1-2H3/t8-/m0/s1. The molecule has 0 aliphatic rings. The highest BCUT2D eigenvalue weighted by Crippen LogP contribution is 2.32. The lowest BCUT2D eigenvalue weighted by atomic mass is 10.1. The molecule has 4 nitrogen and oxygen atoms in total. The van der Waals surface area contributed by atoms with Crippen LogP contribution in [0.25, 0.3) is 11.3 Å². The molecule has 5 heteroatoms. The molecule has 0 saturated heterocycles. The van der Waals surface area contributed by atoms with Crippen LogP contribution in [0.15, 0.2) is 23.6 Å². The van der Waals surface area contributed by atoms with Crippen LogP contribution >= 0.6 is 11.3 Å². The van der Waals surface area contributed by atoms with Crippen molar-refractivity contribution in [2.75, 3.05) is 13.7 Å². The number of ether oxygens (including phenoxy) is 1. The first-order valence-corrected chi connectivity index (χ1v) is 6.46. The van der Waals surface area contributed by atoms with Gasteiger partial charge in [0.1, 0.15) is 0 Å². The molecule has 0 spiro atoms. The van der Waals surface area contributed by atoms with E-state index >= 15 is 0 Å². The Morgan fingerprint density at radius 3 is 2.78 bits per heavy atom. The lowest BCUT2D eigenvalue weighted by Crippen LogP contribution is -2.01. The summed E-state index contributed by atoms with van der Waals surface area (Å²) in [5.74, 6) is -0.00611. The fourth-order valence-electron chi connectivity index (χ4n) is 1.65. The Morgan fingerprint density at radius 1 is 1.33 bits per heavy atom. The first kappa shape index (κ1) is 12.9. The summed E-state index contributed by atoms with van der Waals surface area (Å²) < 4.78 is 5.10. The van der Waals surface area contributed by atoms with Crippen LogP contribution in [-0.4, -0.2) is 28.9 Å². The van der Waals surface area contributed by atoms with E-state index in [9.17, 15) is 10.2 Å². The number of phenolic OH excluding ortho intramolecular Hbond substituents is 2. The van der Waals surface area contributed by atoms with Crippen LogP contribution in [0, 0.1) is 0 Å². The molecule has 1 atom stereocenters. The second kappa shape index (κ2) is 5.37. The molecule has 0 amide bonds. The molecule has 0 bridgehead atoms. The Kier molecular flexibility index (Phi) is 3.84. The van der Waals surface area contributed by atoms with Gasteiger partial charge in [0.15, 0.2) is 11.5 Å². The van der Waals surface area contributed by atoms with E-state index in [2.05, 4.69) is 11.9 Å². The summed E-state index contributed by atoms with van der Waals surface area (Å²) in [7, 11) is 1.67. The summed E-state index contributed by atoms with van der Waals surface area (Å²) in [5, 5.41) is 21.7. The summed E-state index contributed by atoms with van der Waals surface area (Å²) in [6.45, 7) is 2.69. The summed E-state index contributed by atoms with van der Waals surface area (Å²) in [5.41, 5.74) is 1.59. The van der Waals surface area contributed by atoms with Gasteiger partial charge in [0.2, 0.25) is 0 Å². The van der Waals surface area contributed by atoms with E-state index in [4.69, 9.17) is 4.74 Å². The Labute approximate surface area is 110 Å². The number of rotatable bonds is 4. The van der Waals surface area contributed by atoms with Crippen molar-refractivity contribution in [2.24, 2.45) is 0 Å². The van der Waals surface area contributed by atoms with Gasteiger partial charge in [0, 0.05) is 24.0 Å². The lowest BCUT2D eigenvalue weighted by Gasteiger charge is -2.05. The van der Waals surface area contributed by atoms with Gasteiger partial charge < -0.3 is 14.9 Å². The summed E-state index contributed by atoms with van der Waals surface area (Å²) in [6, 6.07) is 4.70. The topological polar surface area (TPSA) is 62.6 Å². The number of phenols is 2. The molecule has 1 aromatic carbocycles. The zero-order valence-corrected chi connectivity index (χ0v) is 11.1. The van der Waals surface area contributed by atoms with Gasteiger partial charge in [-0.3, -0.25) is 0 Å². The van der Waals surface area contributed by atoms with Gasteiger partial charge in [0.05, 0.1) is 17.3 Å².